The second kappa shape index (κ2) is 6.37. The molecule has 3 aliphatic carbocycles. The lowest BCUT2D eigenvalue weighted by molar-refractivity contribution is -0.127. The topological polar surface area (TPSA) is 114 Å². The van der Waals surface area contributed by atoms with E-state index in [1.807, 2.05) is 13.8 Å². The molecule has 1 aromatic heterocycles. The number of aliphatic hydroxyl groups is 2. The zero-order valence-electron chi connectivity index (χ0n) is 17.2. The van der Waals surface area contributed by atoms with Crippen molar-refractivity contribution in [3.63, 3.8) is 0 Å². The van der Waals surface area contributed by atoms with Crippen molar-refractivity contribution in [2.24, 2.45) is 17.3 Å². The first-order valence-electron chi connectivity index (χ1n) is 10.7. The van der Waals surface area contributed by atoms with E-state index in [1.165, 1.54) is 6.26 Å². The number of hydrogen-bond donors (Lipinski definition) is 2. The predicted octanol–water partition coefficient (Wildman–Crippen LogP) is 2.34. The van der Waals surface area contributed by atoms with Crippen LogP contribution in [0.15, 0.2) is 21.8 Å². The average Bonchev–Trinajstić information content (AvgIpc) is 3.27. The summed E-state index contributed by atoms with van der Waals surface area (Å²) in [5, 5.41) is 19.5. The second-order valence-electron chi connectivity index (χ2n) is 9.46. The van der Waals surface area contributed by atoms with E-state index in [0.29, 0.717) is 36.8 Å². The number of hydrogen-bond acceptors (Lipinski definition) is 7. The highest BCUT2D eigenvalue weighted by atomic mass is 16.5. The van der Waals surface area contributed by atoms with E-state index in [0.717, 1.165) is 5.57 Å². The van der Waals surface area contributed by atoms with Crippen LogP contribution in [0.1, 0.15) is 72.4 Å². The fourth-order valence-corrected chi connectivity index (χ4v) is 6.76. The smallest absolute Gasteiger partial charge is 0.342 e. The van der Waals surface area contributed by atoms with Gasteiger partial charge in [0.25, 0.3) is 0 Å². The molecule has 160 valence electrons. The van der Waals surface area contributed by atoms with Crippen molar-refractivity contribution in [2.45, 2.75) is 57.5 Å². The van der Waals surface area contributed by atoms with E-state index in [2.05, 4.69) is 0 Å². The Balaban J connectivity index is 1.82. The van der Waals surface area contributed by atoms with Crippen LogP contribution in [0, 0.1) is 17.3 Å². The molecule has 1 aromatic rings. The van der Waals surface area contributed by atoms with Crippen LogP contribution in [0.5, 0.6) is 0 Å². The number of ether oxygens (including phenoxy) is 1. The number of ketones is 2. The maximum absolute atomic E-state index is 13.7. The van der Waals surface area contributed by atoms with Crippen LogP contribution in [0.3, 0.4) is 0 Å². The van der Waals surface area contributed by atoms with Gasteiger partial charge in [-0.05, 0) is 37.7 Å². The molecular weight excluding hydrogens is 388 g/mol. The molecule has 30 heavy (non-hydrogen) atoms. The maximum atomic E-state index is 13.7. The highest BCUT2D eigenvalue weighted by Crippen LogP contribution is 2.62. The van der Waals surface area contributed by atoms with E-state index < -0.39 is 22.9 Å². The molecule has 1 aliphatic heterocycles. The number of Topliss-reactive ketones (excluding diaryl/α,β-unsaturated/α-hetero) is 2. The van der Waals surface area contributed by atoms with Crippen LogP contribution in [0.4, 0.5) is 0 Å². The third kappa shape index (κ3) is 2.20. The number of allylic oxidation sites excluding steroid dienone is 1. The maximum Gasteiger partial charge on any atom is 0.342 e. The summed E-state index contributed by atoms with van der Waals surface area (Å²) in [5.74, 6) is -0.910. The monoisotopic (exact) mass is 414 g/mol. The first-order chi connectivity index (χ1) is 14.3. The van der Waals surface area contributed by atoms with Crippen molar-refractivity contribution in [3.8, 4) is 0 Å². The van der Waals surface area contributed by atoms with Crippen molar-refractivity contribution in [1.29, 1.82) is 0 Å². The third-order valence-electron chi connectivity index (χ3n) is 8.09. The Morgan fingerprint density at radius 1 is 1.13 bits per heavy atom. The van der Waals surface area contributed by atoms with Gasteiger partial charge in [-0.3, -0.25) is 9.59 Å². The lowest BCUT2D eigenvalue weighted by Gasteiger charge is -2.52. The molecule has 0 radical (unpaired) electrons. The van der Waals surface area contributed by atoms with Crippen LogP contribution in [-0.4, -0.2) is 47.1 Å². The standard InChI is InChI=1S/C23H26O7/c1-22-9-11(5-7-24)17-16(13(22)3-4-14(22)26)19(27)20-18-12(10-29-20)21(28)30-15(6-8-25)23(17,18)2/h10-11,13,15,24-25H,3-9H2,1-2H3/t11-,13?,15-,22+,23-/m1/s1. The summed E-state index contributed by atoms with van der Waals surface area (Å²) in [4.78, 5) is 39.1. The Labute approximate surface area is 174 Å². The molecule has 0 saturated heterocycles. The van der Waals surface area contributed by atoms with Gasteiger partial charge in [-0.15, -0.1) is 0 Å². The van der Waals surface area contributed by atoms with E-state index in [9.17, 15) is 24.6 Å². The second-order valence-corrected chi connectivity index (χ2v) is 9.46. The molecule has 7 nitrogen and oxygen atoms in total. The number of carbonyl (C=O) groups is 3. The number of esters is 1. The van der Waals surface area contributed by atoms with Crippen molar-refractivity contribution >= 4 is 17.5 Å². The van der Waals surface area contributed by atoms with Gasteiger partial charge in [0, 0.05) is 48.5 Å². The molecular formula is C23H26O7. The molecule has 0 amide bonds. The first-order valence-corrected chi connectivity index (χ1v) is 10.7. The molecule has 7 heteroatoms. The summed E-state index contributed by atoms with van der Waals surface area (Å²) < 4.78 is 11.4. The van der Waals surface area contributed by atoms with Crippen molar-refractivity contribution < 1.29 is 33.8 Å². The molecule has 5 rings (SSSR count). The Kier molecular flexibility index (Phi) is 4.19. The zero-order chi connectivity index (χ0) is 21.4. The van der Waals surface area contributed by atoms with Crippen LogP contribution < -0.4 is 0 Å². The minimum atomic E-state index is -0.843. The summed E-state index contributed by atoms with van der Waals surface area (Å²) >= 11 is 0. The lowest BCUT2D eigenvalue weighted by atomic mass is 9.51. The Morgan fingerprint density at radius 3 is 2.57 bits per heavy atom. The van der Waals surface area contributed by atoms with Crippen LogP contribution in [-0.2, 0) is 14.9 Å². The van der Waals surface area contributed by atoms with Gasteiger partial charge in [0.2, 0.25) is 5.78 Å². The van der Waals surface area contributed by atoms with Gasteiger partial charge in [-0.1, -0.05) is 6.92 Å². The number of aliphatic hydroxyl groups excluding tert-OH is 2. The minimum Gasteiger partial charge on any atom is -0.460 e. The van der Waals surface area contributed by atoms with E-state index in [4.69, 9.17) is 9.15 Å². The number of furan rings is 1. The molecule has 1 unspecified atom stereocenters. The largest absolute Gasteiger partial charge is 0.460 e. The number of cyclic esters (lactones) is 1. The Bertz CT molecular complexity index is 1000. The van der Waals surface area contributed by atoms with Gasteiger partial charge in [-0.25, -0.2) is 4.79 Å². The molecule has 1 fully saturated rings. The third-order valence-corrected chi connectivity index (χ3v) is 8.09. The van der Waals surface area contributed by atoms with Gasteiger partial charge in [-0.2, -0.15) is 0 Å². The van der Waals surface area contributed by atoms with E-state index >= 15 is 0 Å². The van der Waals surface area contributed by atoms with Gasteiger partial charge in [0.05, 0.1) is 5.41 Å². The summed E-state index contributed by atoms with van der Waals surface area (Å²) in [6.45, 7) is 3.64. The first kappa shape index (κ1) is 19.7. The molecule has 2 N–H and O–H groups in total. The van der Waals surface area contributed by atoms with Crippen molar-refractivity contribution in [3.05, 3.63) is 34.3 Å². The van der Waals surface area contributed by atoms with Gasteiger partial charge in [0.1, 0.15) is 23.7 Å². The summed E-state index contributed by atoms with van der Waals surface area (Å²) in [6, 6.07) is 0. The van der Waals surface area contributed by atoms with E-state index in [-0.39, 0.29) is 54.4 Å². The van der Waals surface area contributed by atoms with Crippen LogP contribution in [0.25, 0.3) is 0 Å². The molecule has 4 aliphatic rings. The highest BCUT2D eigenvalue weighted by molar-refractivity contribution is 6.14. The fourth-order valence-electron chi connectivity index (χ4n) is 6.76. The zero-order valence-corrected chi connectivity index (χ0v) is 17.2. The van der Waals surface area contributed by atoms with Gasteiger partial charge in [0.15, 0.2) is 5.76 Å². The SMILES string of the molecule is C[C@]12C[C@@H](CCO)C3=C(C(=O)c4occ5c4[C@]3(C)[C@@H](CCO)OC5=O)C1CCC2=O. The molecule has 5 atom stereocenters. The van der Waals surface area contributed by atoms with Gasteiger partial charge < -0.3 is 19.4 Å². The predicted molar refractivity (Wildman–Crippen MR) is 104 cm³/mol. The number of fused-ring (bicyclic) bond motifs is 3. The number of rotatable bonds is 4. The Morgan fingerprint density at radius 2 is 1.87 bits per heavy atom. The molecule has 0 bridgehead atoms. The minimum absolute atomic E-state index is 0.0732. The molecule has 0 aromatic carbocycles. The fraction of sp³-hybridized carbons (Fsp3) is 0.609. The van der Waals surface area contributed by atoms with Crippen LogP contribution >= 0.6 is 0 Å². The van der Waals surface area contributed by atoms with Crippen molar-refractivity contribution in [1.82, 2.24) is 0 Å². The lowest BCUT2D eigenvalue weighted by Crippen LogP contribution is -2.54. The summed E-state index contributed by atoms with van der Waals surface area (Å²) in [6.07, 6.45) is 2.87. The molecule has 2 heterocycles. The van der Waals surface area contributed by atoms with Crippen molar-refractivity contribution in [2.75, 3.05) is 13.2 Å². The summed E-state index contributed by atoms with van der Waals surface area (Å²) in [5.41, 5.74) is 0.765. The Hall–Kier alpha value is -2.25. The number of carbonyl (C=O) groups excluding carboxylic acids is 3. The molecule has 1 saturated carbocycles. The molecule has 0 spiro atoms. The van der Waals surface area contributed by atoms with E-state index in [1.54, 1.807) is 0 Å². The summed E-state index contributed by atoms with van der Waals surface area (Å²) in [7, 11) is 0. The van der Waals surface area contributed by atoms with Gasteiger partial charge >= 0.3 is 5.97 Å². The highest BCUT2D eigenvalue weighted by Gasteiger charge is 2.63. The normalized spacial score (nSPS) is 37.1. The average molecular weight is 414 g/mol. The quantitative estimate of drug-likeness (QED) is 0.727. The van der Waals surface area contributed by atoms with Crippen LogP contribution in [0.2, 0.25) is 0 Å².